The van der Waals surface area contributed by atoms with Crippen LogP contribution < -0.4 is 5.73 Å². The molecule has 0 aliphatic heterocycles. The van der Waals surface area contributed by atoms with Crippen LogP contribution in [0.5, 0.6) is 0 Å². The van der Waals surface area contributed by atoms with E-state index in [9.17, 15) is 4.79 Å². The zero-order chi connectivity index (χ0) is 13.1. The minimum Gasteiger partial charge on any atom is -0.463 e. The van der Waals surface area contributed by atoms with Crippen LogP contribution in [0, 0.1) is 6.92 Å². The standard InChI is InChI=1S/C9H13N.C5H8O2/c1-8-2-4-9(5-3-8)6-7-10;1-3-5(6)7-4-2/h2-5H,6-7,10H2,1H3;3H,1,4H2,2H3. The molecule has 0 aliphatic rings. The number of hydrogen-bond donors (Lipinski definition) is 1. The summed E-state index contributed by atoms with van der Waals surface area (Å²) in [6, 6.07) is 8.49. The molecular weight excluding hydrogens is 214 g/mol. The molecule has 0 spiro atoms. The quantitative estimate of drug-likeness (QED) is 0.643. The summed E-state index contributed by atoms with van der Waals surface area (Å²) in [7, 11) is 0. The molecule has 0 fully saturated rings. The molecule has 1 aromatic rings. The second kappa shape index (κ2) is 9.60. The van der Waals surface area contributed by atoms with Crippen LogP contribution in [0.3, 0.4) is 0 Å². The molecule has 94 valence electrons. The lowest BCUT2D eigenvalue weighted by Crippen LogP contribution is -2.02. The third-order valence-corrected chi connectivity index (χ3v) is 2.01. The predicted molar refractivity (Wildman–Crippen MR) is 70.8 cm³/mol. The number of hydrogen-bond acceptors (Lipinski definition) is 3. The van der Waals surface area contributed by atoms with Gasteiger partial charge in [0.1, 0.15) is 0 Å². The van der Waals surface area contributed by atoms with Gasteiger partial charge in [-0.15, -0.1) is 0 Å². The second-order valence-electron chi connectivity index (χ2n) is 3.48. The van der Waals surface area contributed by atoms with E-state index in [-0.39, 0.29) is 5.97 Å². The number of esters is 1. The molecule has 0 atom stereocenters. The molecule has 0 saturated heterocycles. The molecule has 0 heterocycles. The van der Waals surface area contributed by atoms with Crippen molar-refractivity contribution < 1.29 is 9.53 Å². The van der Waals surface area contributed by atoms with E-state index in [2.05, 4.69) is 42.5 Å². The van der Waals surface area contributed by atoms with Crippen LogP contribution >= 0.6 is 0 Å². The summed E-state index contributed by atoms with van der Waals surface area (Å²) in [6.45, 7) is 8.21. The average Bonchev–Trinajstić information content (AvgIpc) is 2.33. The highest BCUT2D eigenvalue weighted by molar-refractivity contribution is 5.81. The molecule has 0 radical (unpaired) electrons. The van der Waals surface area contributed by atoms with E-state index in [1.54, 1.807) is 6.92 Å². The third-order valence-electron chi connectivity index (χ3n) is 2.01. The van der Waals surface area contributed by atoms with Crippen molar-refractivity contribution in [2.75, 3.05) is 13.2 Å². The van der Waals surface area contributed by atoms with Gasteiger partial charge in [0.2, 0.25) is 0 Å². The number of carbonyl (C=O) groups excluding carboxylic acids is 1. The van der Waals surface area contributed by atoms with Crippen molar-refractivity contribution in [3.63, 3.8) is 0 Å². The maximum Gasteiger partial charge on any atom is 0.330 e. The summed E-state index contributed by atoms with van der Waals surface area (Å²) in [6.07, 6.45) is 2.13. The first-order chi connectivity index (χ1) is 8.13. The molecule has 17 heavy (non-hydrogen) atoms. The lowest BCUT2D eigenvalue weighted by molar-refractivity contribution is -0.137. The van der Waals surface area contributed by atoms with Gasteiger partial charge < -0.3 is 10.5 Å². The number of benzene rings is 1. The van der Waals surface area contributed by atoms with E-state index in [1.807, 2.05) is 0 Å². The smallest absolute Gasteiger partial charge is 0.330 e. The Morgan fingerprint density at radius 3 is 2.35 bits per heavy atom. The number of carbonyl (C=O) groups is 1. The van der Waals surface area contributed by atoms with Gasteiger partial charge in [-0.2, -0.15) is 0 Å². The van der Waals surface area contributed by atoms with Gasteiger partial charge in [0.15, 0.2) is 0 Å². The summed E-state index contributed by atoms with van der Waals surface area (Å²) in [4.78, 5) is 10.1. The molecule has 0 saturated carbocycles. The predicted octanol–water partition coefficient (Wildman–Crippen LogP) is 2.23. The zero-order valence-corrected chi connectivity index (χ0v) is 10.6. The molecule has 2 N–H and O–H groups in total. The first-order valence-electron chi connectivity index (χ1n) is 5.68. The molecule has 1 rings (SSSR count). The van der Waals surface area contributed by atoms with Gasteiger partial charge in [-0.1, -0.05) is 36.4 Å². The van der Waals surface area contributed by atoms with Gasteiger partial charge in [-0.3, -0.25) is 0 Å². The maximum atomic E-state index is 10.1. The van der Waals surface area contributed by atoms with Crippen LogP contribution in [0.15, 0.2) is 36.9 Å². The van der Waals surface area contributed by atoms with Gasteiger partial charge in [0.25, 0.3) is 0 Å². The second-order valence-corrected chi connectivity index (χ2v) is 3.48. The number of nitrogens with two attached hydrogens (primary N) is 1. The zero-order valence-electron chi connectivity index (χ0n) is 10.6. The highest BCUT2D eigenvalue weighted by atomic mass is 16.5. The number of aryl methyl sites for hydroxylation is 1. The maximum absolute atomic E-state index is 10.1. The lowest BCUT2D eigenvalue weighted by Gasteiger charge is -1.97. The molecule has 0 amide bonds. The van der Waals surface area contributed by atoms with Crippen LogP contribution in [-0.2, 0) is 16.0 Å². The van der Waals surface area contributed by atoms with Crippen LogP contribution in [0.25, 0.3) is 0 Å². The monoisotopic (exact) mass is 235 g/mol. The fourth-order valence-electron chi connectivity index (χ4n) is 1.12. The molecule has 0 unspecified atom stereocenters. The molecule has 3 heteroatoms. The van der Waals surface area contributed by atoms with Crippen molar-refractivity contribution in [3.05, 3.63) is 48.0 Å². The SMILES string of the molecule is C=CC(=O)OCC.Cc1ccc(CCN)cc1. The van der Waals surface area contributed by atoms with Crippen LogP contribution in [0.2, 0.25) is 0 Å². The van der Waals surface area contributed by atoms with Crippen molar-refractivity contribution in [2.24, 2.45) is 5.73 Å². The number of rotatable bonds is 4. The largest absolute Gasteiger partial charge is 0.463 e. The van der Waals surface area contributed by atoms with Crippen LogP contribution in [0.4, 0.5) is 0 Å². The Bertz CT molecular complexity index is 331. The van der Waals surface area contributed by atoms with Crippen molar-refractivity contribution >= 4 is 5.97 Å². The third kappa shape index (κ3) is 8.22. The van der Waals surface area contributed by atoms with E-state index < -0.39 is 0 Å². The Kier molecular flexibility index (Phi) is 8.69. The first-order valence-corrected chi connectivity index (χ1v) is 5.68. The van der Waals surface area contributed by atoms with Gasteiger partial charge >= 0.3 is 5.97 Å². The van der Waals surface area contributed by atoms with Crippen molar-refractivity contribution in [3.8, 4) is 0 Å². The molecular formula is C14H21NO2. The summed E-state index contributed by atoms with van der Waals surface area (Å²) >= 11 is 0. The van der Waals surface area contributed by atoms with Crippen molar-refractivity contribution in [1.82, 2.24) is 0 Å². The minimum atomic E-state index is -0.359. The van der Waals surface area contributed by atoms with E-state index >= 15 is 0 Å². The van der Waals surface area contributed by atoms with E-state index in [4.69, 9.17) is 5.73 Å². The lowest BCUT2D eigenvalue weighted by atomic mass is 10.1. The van der Waals surface area contributed by atoms with Gasteiger partial charge in [-0.05, 0) is 32.4 Å². The van der Waals surface area contributed by atoms with E-state index in [1.165, 1.54) is 11.1 Å². The van der Waals surface area contributed by atoms with Crippen molar-refractivity contribution in [1.29, 1.82) is 0 Å². The normalized spacial score (nSPS) is 8.88. The summed E-state index contributed by atoms with van der Waals surface area (Å²) in [5.41, 5.74) is 8.03. The molecule has 0 aromatic heterocycles. The van der Waals surface area contributed by atoms with Gasteiger partial charge in [0.05, 0.1) is 6.61 Å². The number of ether oxygens (including phenoxy) is 1. The summed E-state index contributed by atoms with van der Waals surface area (Å²) < 4.78 is 4.43. The average molecular weight is 235 g/mol. The minimum absolute atomic E-state index is 0.359. The Hall–Kier alpha value is -1.61. The highest BCUT2D eigenvalue weighted by Crippen LogP contribution is 2.02. The fraction of sp³-hybridized carbons (Fsp3) is 0.357. The highest BCUT2D eigenvalue weighted by Gasteiger charge is 1.88. The van der Waals surface area contributed by atoms with Crippen molar-refractivity contribution in [2.45, 2.75) is 20.3 Å². The topological polar surface area (TPSA) is 52.3 Å². The van der Waals surface area contributed by atoms with E-state index in [0.29, 0.717) is 6.61 Å². The van der Waals surface area contributed by atoms with Gasteiger partial charge in [-0.25, -0.2) is 4.79 Å². The summed E-state index contributed by atoms with van der Waals surface area (Å²) in [5.74, 6) is -0.359. The Balaban J connectivity index is 0.000000325. The molecule has 0 aliphatic carbocycles. The van der Waals surface area contributed by atoms with Crippen LogP contribution in [0.1, 0.15) is 18.1 Å². The Morgan fingerprint density at radius 1 is 1.41 bits per heavy atom. The molecule has 0 bridgehead atoms. The molecule has 1 aromatic carbocycles. The Morgan fingerprint density at radius 2 is 2.00 bits per heavy atom. The summed E-state index contributed by atoms with van der Waals surface area (Å²) in [5, 5.41) is 0. The van der Waals surface area contributed by atoms with Gasteiger partial charge in [0, 0.05) is 6.08 Å². The first kappa shape index (κ1) is 15.4. The van der Waals surface area contributed by atoms with E-state index in [0.717, 1.165) is 19.0 Å². The fourth-order valence-corrected chi connectivity index (χ4v) is 1.12. The van der Waals surface area contributed by atoms with Crippen LogP contribution in [-0.4, -0.2) is 19.1 Å². The molecule has 3 nitrogen and oxygen atoms in total. The Labute approximate surface area is 103 Å².